The monoisotopic (exact) mass is 544 g/mol. The maximum absolute atomic E-state index is 12.9. The molecule has 0 saturated carbocycles. The van der Waals surface area contributed by atoms with E-state index in [0.717, 1.165) is 22.3 Å². The van der Waals surface area contributed by atoms with Crippen LogP contribution in [0, 0.1) is 0 Å². The van der Waals surface area contributed by atoms with Gasteiger partial charge in [0.05, 0.1) is 12.0 Å². The Kier molecular flexibility index (Phi) is 8.25. The minimum absolute atomic E-state index is 0.0295. The number of rotatable bonds is 10. The van der Waals surface area contributed by atoms with Crippen LogP contribution in [0.25, 0.3) is 0 Å². The summed E-state index contributed by atoms with van der Waals surface area (Å²) in [5.41, 5.74) is 3.85. The average molecular weight is 545 g/mol. The molecular weight excluding hydrogens is 512 g/mol. The van der Waals surface area contributed by atoms with Crippen molar-refractivity contribution in [1.82, 2.24) is 19.8 Å². The number of carbonyl (C=O) groups is 2. The molecule has 1 atom stereocenters. The molecule has 2 N–H and O–H groups in total. The molecule has 4 aromatic carbocycles. The molecule has 206 valence electrons. The Hall–Kier alpha value is -5.17. The largest absolute Gasteiger partial charge is 0.480 e. The van der Waals surface area contributed by atoms with E-state index in [4.69, 9.17) is 0 Å². The molecule has 7 nitrogen and oxygen atoms in total. The zero-order valence-corrected chi connectivity index (χ0v) is 22.8. The standard InChI is InChI=1S/C34H32N4O3/c1-37(23-26-14-6-2-7-15-26)33(41)36-31(32(39)40)22-30-24-38(25-35-30)34(27-16-8-3-9-17-27,28-18-10-4-11-19-28)29-20-12-5-13-21-29/h2-21,24-25,31H,22-23H2,1H3,(H,36,41)(H,39,40)/t31-/m0/s1. The molecule has 0 saturated heterocycles. The Balaban J connectivity index is 1.48. The summed E-state index contributed by atoms with van der Waals surface area (Å²) in [5.74, 6) is -1.12. The second kappa shape index (κ2) is 12.3. The Morgan fingerprint density at radius 1 is 0.805 bits per heavy atom. The topological polar surface area (TPSA) is 87.5 Å². The molecule has 0 aliphatic heterocycles. The van der Waals surface area contributed by atoms with E-state index < -0.39 is 23.6 Å². The Morgan fingerprint density at radius 2 is 1.27 bits per heavy atom. The Morgan fingerprint density at radius 3 is 1.73 bits per heavy atom. The van der Waals surface area contributed by atoms with E-state index in [1.165, 1.54) is 4.90 Å². The van der Waals surface area contributed by atoms with Crippen LogP contribution in [-0.4, -0.2) is 44.6 Å². The van der Waals surface area contributed by atoms with Crippen LogP contribution >= 0.6 is 0 Å². The van der Waals surface area contributed by atoms with Crippen LogP contribution in [0.1, 0.15) is 27.9 Å². The highest BCUT2D eigenvalue weighted by atomic mass is 16.4. The van der Waals surface area contributed by atoms with Crippen molar-refractivity contribution in [1.29, 1.82) is 0 Å². The maximum atomic E-state index is 12.9. The second-order valence-corrected chi connectivity index (χ2v) is 9.97. The second-order valence-electron chi connectivity index (χ2n) is 9.97. The van der Waals surface area contributed by atoms with Gasteiger partial charge in [0.2, 0.25) is 0 Å². The number of imidazole rings is 1. The zero-order chi connectivity index (χ0) is 28.7. The summed E-state index contributed by atoms with van der Waals surface area (Å²) >= 11 is 0. The van der Waals surface area contributed by atoms with Crippen molar-refractivity contribution in [3.8, 4) is 0 Å². The van der Waals surface area contributed by atoms with E-state index in [-0.39, 0.29) is 6.42 Å². The van der Waals surface area contributed by atoms with Gasteiger partial charge in [-0.2, -0.15) is 0 Å². The number of carboxylic acids is 1. The highest BCUT2D eigenvalue weighted by Crippen LogP contribution is 2.40. The van der Waals surface area contributed by atoms with E-state index in [1.54, 1.807) is 13.4 Å². The smallest absolute Gasteiger partial charge is 0.326 e. The Bertz CT molecular complexity index is 1480. The number of amides is 2. The molecule has 1 aromatic heterocycles. The third kappa shape index (κ3) is 5.89. The van der Waals surface area contributed by atoms with Crippen molar-refractivity contribution in [3.05, 3.63) is 162 Å². The lowest BCUT2D eigenvalue weighted by molar-refractivity contribution is -0.139. The predicted molar refractivity (Wildman–Crippen MR) is 158 cm³/mol. The van der Waals surface area contributed by atoms with Gasteiger partial charge >= 0.3 is 12.0 Å². The van der Waals surface area contributed by atoms with Gasteiger partial charge in [-0.1, -0.05) is 121 Å². The van der Waals surface area contributed by atoms with Gasteiger partial charge in [-0.05, 0) is 22.3 Å². The van der Waals surface area contributed by atoms with Crippen molar-refractivity contribution in [2.24, 2.45) is 0 Å². The quantitative estimate of drug-likeness (QED) is 0.225. The third-order valence-corrected chi connectivity index (χ3v) is 7.22. The molecule has 7 heteroatoms. The van der Waals surface area contributed by atoms with Gasteiger partial charge < -0.3 is 19.9 Å². The molecule has 1 heterocycles. The van der Waals surface area contributed by atoms with Gasteiger partial charge in [-0.15, -0.1) is 0 Å². The lowest BCUT2D eigenvalue weighted by Crippen LogP contribution is -2.47. The molecule has 0 spiro atoms. The average Bonchev–Trinajstić information content (AvgIpc) is 3.48. The predicted octanol–water partition coefficient (Wildman–Crippen LogP) is 5.56. The summed E-state index contributed by atoms with van der Waals surface area (Å²) in [4.78, 5) is 31.2. The van der Waals surface area contributed by atoms with Gasteiger partial charge in [0, 0.05) is 26.2 Å². The van der Waals surface area contributed by atoms with E-state index in [1.807, 2.05) is 95.7 Å². The van der Waals surface area contributed by atoms with Gasteiger partial charge in [0.15, 0.2) is 0 Å². The van der Waals surface area contributed by atoms with Crippen molar-refractivity contribution in [3.63, 3.8) is 0 Å². The van der Waals surface area contributed by atoms with Crippen LogP contribution in [-0.2, 0) is 23.3 Å². The molecule has 5 rings (SSSR count). The van der Waals surface area contributed by atoms with Crippen molar-refractivity contribution < 1.29 is 14.7 Å². The summed E-state index contributed by atoms with van der Waals surface area (Å²) in [7, 11) is 1.64. The third-order valence-electron chi connectivity index (χ3n) is 7.22. The number of nitrogens with zero attached hydrogens (tertiary/aromatic N) is 3. The highest BCUT2D eigenvalue weighted by Gasteiger charge is 2.38. The van der Waals surface area contributed by atoms with Gasteiger partial charge in [-0.3, -0.25) is 0 Å². The van der Waals surface area contributed by atoms with Crippen molar-refractivity contribution >= 4 is 12.0 Å². The highest BCUT2D eigenvalue weighted by molar-refractivity contribution is 5.82. The first-order chi connectivity index (χ1) is 20.0. The summed E-state index contributed by atoms with van der Waals surface area (Å²) in [5, 5.41) is 12.7. The molecule has 41 heavy (non-hydrogen) atoms. The number of aromatic nitrogens is 2. The van der Waals surface area contributed by atoms with Crippen LogP contribution in [0.2, 0.25) is 0 Å². The van der Waals surface area contributed by atoms with Gasteiger partial charge in [-0.25, -0.2) is 14.6 Å². The summed E-state index contributed by atoms with van der Waals surface area (Å²) < 4.78 is 2.03. The fourth-order valence-corrected chi connectivity index (χ4v) is 5.24. The summed E-state index contributed by atoms with van der Waals surface area (Å²) in [6, 6.07) is 38.5. The van der Waals surface area contributed by atoms with E-state index in [0.29, 0.717) is 12.2 Å². The van der Waals surface area contributed by atoms with Gasteiger partial charge in [0.1, 0.15) is 11.6 Å². The number of nitrogens with one attached hydrogen (secondary N) is 1. The van der Waals surface area contributed by atoms with Crippen LogP contribution in [0.15, 0.2) is 134 Å². The number of aliphatic carboxylic acids is 1. The van der Waals surface area contributed by atoms with Crippen molar-refractivity contribution in [2.45, 2.75) is 24.5 Å². The molecule has 0 radical (unpaired) electrons. The normalized spacial score (nSPS) is 11.9. The first-order valence-corrected chi connectivity index (χ1v) is 13.5. The molecule has 0 unspecified atom stereocenters. The van der Waals surface area contributed by atoms with E-state index in [9.17, 15) is 14.7 Å². The lowest BCUT2D eigenvalue weighted by atomic mass is 9.77. The molecule has 0 bridgehead atoms. The Labute approximate surface area is 239 Å². The molecule has 0 fully saturated rings. The number of benzene rings is 4. The number of carbonyl (C=O) groups excluding carboxylic acids is 1. The zero-order valence-electron chi connectivity index (χ0n) is 22.8. The fourth-order valence-electron chi connectivity index (χ4n) is 5.24. The van der Waals surface area contributed by atoms with Crippen LogP contribution in [0.5, 0.6) is 0 Å². The van der Waals surface area contributed by atoms with Crippen LogP contribution in [0.4, 0.5) is 4.79 Å². The molecule has 5 aromatic rings. The van der Waals surface area contributed by atoms with Crippen molar-refractivity contribution in [2.75, 3.05) is 7.05 Å². The molecule has 2 amide bonds. The molecule has 0 aliphatic rings. The minimum atomic E-state index is -1.15. The number of hydrogen-bond donors (Lipinski definition) is 2. The first-order valence-electron chi connectivity index (χ1n) is 13.5. The number of urea groups is 1. The van der Waals surface area contributed by atoms with E-state index >= 15 is 0 Å². The summed E-state index contributed by atoms with van der Waals surface area (Å²) in [6.07, 6.45) is 3.65. The summed E-state index contributed by atoms with van der Waals surface area (Å²) in [6.45, 7) is 0.362. The number of carboxylic acid groups (broad SMARTS) is 1. The molecule has 0 aliphatic carbocycles. The van der Waals surface area contributed by atoms with Gasteiger partial charge in [0.25, 0.3) is 0 Å². The SMILES string of the molecule is CN(Cc1ccccc1)C(=O)N[C@@H](Cc1cn(C(c2ccccc2)(c2ccccc2)c2ccccc2)cn1)C(=O)O. The fraction of sp³-hybridized carbons (Fsp3) is 0.147. The first kappa shape index (κ1) is 27.4. The number of hydrogen-bond acceptors (Lipinski definition) is 3. The van der Waals surface area contributed by atoms with Crippen LogP contribution in [0.3, 0.4) is 0 Å². The molecular formula is C34H32N4O3. The minimum Gasteiger partial charge on any atom is -0.480 e. The van der Waals surface area contributed by atoms with E-state index in [2.05, 4.69) is 46.7 Å². The maximum Gasteiger partial charge on any atom is 0.326 e. The van der Waals surface area contributed by atoms with Crippen LogP contribution < -0.4 is 5.32 Å². The lowest BCUT2D eigenvalue weighted by Gasteiger charge is -2.37.